The molecule has 140 valence electrons. The molecule has 0 radical (unpaired) electrons. The lowest BCUT2D eigenvalue weighted by Crippen LogP contribution is -2.25. The first kappa shape index (κ1) is 18.7. The number of carbonyl (C=O) groups excluding carboxylic acids is 1. The van der Waals surface area contributed by atoms with Gasteiger partial charge in [-0.2, -0.15) is 4.98 Å². The topological polar surface area (TPSA) is 68.0 Å². The average molecular weight is 371 g/mol. The zero-order chi connectivity index (χ0) is 19.1. The number of hydrogen-bond acceptors (Lipinski definition) is 4. The predicted molar refractivity (Wildman–Crippen MR) is 95.7 cm³/mol. The lowest BCUT2D eigenvalue weighted by molar-refractivity contribution is -0.121. The second kappa shape index (κ2) is 9.02. The molecule has 0 aliphatic carbocycles. The van der Waals surface area contributed by atoms with Crippen LogP contribution in [0.5, 0.6) is 0 Å². The number of nitrogens with zero attached hydrogens (tertiary/aromatic N) is 2. The number of rotatable bonds is 8. The first-order chi connectivity index (χ1) is 13.1. The molecule has 1 N–H and O–H groups in total. The molecule has 0 atom stereocenters. The van der Waals surface area contributed by atoms with Crippen LogP contribution in [-0.2, 0) is 17.6 Å². The molecular formula is C20H19F2N3O2. The third kappa shape index (κ3) is 5.44. The molecule has 0 aliphatic heterocycles. The van der Waals surface area contributed by atoms with Crippen molar-refractivity contribution in [3.8, 4) is 11.4 Å². The smallest absolute Gasteiger partial charge is 0.226 e. The standard InChI is InChI=1S/C20H19F2N3O2/c21-16-10-8-15(9-11-16)20-24-19(27-25-20)7-3-6-18(26)23-13-12-14-4-1-2-5-17(14)22/h1-2,4-5,8-11H,3,6-7,12-13H2,(H,23,26). The summed E-state index contributed by atoms with van der Waals surface area (Å²) >= 11 is 0. The summed E-state index contributed by atoms with van der Waals surface area (Å²) in [7, 11) is 0. The highest BCUT2D eigenvalue weighted by molar-refractivity contribution is 5.75. The average Bonchev–Trinajstić information content (AvgIpc) is 3.13. The van der Waals surface area contributed by atoms with Crippen LogP contribution in [0.2, 0.25) is 0 Å². The van der Waals surface area contributed by atoms with Gasteiger partial charge in [-0.25, -0.2) is 8.78 Å². The fraction of sp³-hybridized carbons (Fsp3) is 0.250. The molecule has 3 aromatic rings. The van der Waals surface area contributed by atoms with Crippen molar-refractivity contribution in [1.29, 1.82) is 0 Å². The maximum atomic E-state index is 13.5. The van der Waals surface area contributed by atoms with Crippen molar-refractivity contribution in [3.63, 3.8) is 0 Å². The van der Waals surface area contributed by atoms with Crippen molar-refractivity contribution < 1.29 is 18.1 Å². The minimum atomic E-state index is -0.330. The van der Waals surface area contributed by atoms with E-state index in [1.54, 1.807) is 30.3 Å². The Morgan fingerprint density at radius 2 is 1.81 bits per heavy atom. The van der Waals surface area contributed by atoms with Gasteiger partial charge in [0.1, 0.15) is 11.6 Å². The van der Waals surface area contributed by atoms with Crippen LogP contribution in [0.4, 0.5) is 8.78 Å². The van der Waals surface area contributed by atoms with Gasteiger partial charge in [0.15, 0.2) is 0 Å². The Labute approximate surface area is 155 Å². The first-order valence-electron chi connectivity index (χ1n) is 8.70. The van der Waals surface area contributed by atoms with E-state index in [9.17, 15) is 13.6 Å². The third-order valence-electron chi connectivity index (χ3n) is 4.04. The predicted octanol–water partition coefficient (Wildman–Crippen LogP) is 3.70. The van der Waals surface area contributed by atoms with Gasteiger partial charge in [-0.05, 0) is 48.7 Å². The van der Waals surface area contributed by atoms with Gasteiger partial charge in [0, 0.05) is 24.9 Å². The fourth-order valence-electron chi connectivity index (χ4n) is 2.60. The van der Waals surface area contributed by atoms with E-state index >= 15 is 0 Å². The number of aryl methyl sites for hydroxylation is 1. The number of benzene rings is 2. The fourth-order valence-corrected chi connectivity index (χ4v) is 2.60. The van der Waals surface area contributed by atoms with Gasteiger partial charge in [-0.15, -0.1) is 0 Å². The largest absolute Gasteiger partial charge is 0.356 e. The normalized spacial score (nSPS) is 10.7. The summed E-state index contributed by atoms with van der Waals surface area (Å²) in [6.07, 6.45) is 1.78. The zero-order valence-electron chi connectivity index (χ0n) is 14.6. The van der Waals surface area contributed by atoms with E-state index in [1.807, 2.05) is 0 Å². The maximum absolute atomic E-state index is 13.5. The van der Waals surface area contributed by atoms with Crippen LogP contribution < -0.4 is 5.32 Å². The summed E-state index contributed by atoms with van der Waals surface area (Å²) in [6.45, 7) is 0.384. The number of aromatic nitrogens is 2. The molecular weight excluding hydrogens is 352 g/mol. The van der Waals surface area contributed by atoms with E-state index in [4.69, 9.17) is 4.52 Å². The number of hydrogen-bond donors (Lipinski definition) is 1. The molecule has 1 heterocycles. The summed E-state index contributed by atoms with van der Waals surface area (Å²) in [5, 5.41) is 6.63. The van der Waals surface area contributed by atoms with E-state index in [0.717, 1.165) is 0 Å². The number of amides is 1. The highest BCUT2D eigenvalue weighted by Crippen LogP contribution is 2.16. The Balaban J connectivity index is 1.39. The van der Waals surface area contributed by atoms with Gasteiger partial charge in [-0.3, -0.25) is 4.79 Å². The van der Waals surface area contributed by atoms with Gasteiger partial charge in [0.05, 0.1) is 0 Å². The summed E-state index contributed by atoms with van der Waals surface area (Å²) in [6, 6.07) is 12.3. The van der Waals surface area contributed by atoms with Crippen LogP contribution in [-0.4, -0.2) is 22.6 Å². The third-order valence-corrected chi connectivity index (χ3v) is 4.04. The van der Waals surface area contributed by atoms with E-state index in [-0.39, 0.29) is 17.5 Å². The Kier molecular flexibility index (Phi) is 6.25. The lowest BCUT2D eigenvalue weighted by Gasteiger charge is -2.05. The van der Waals surface area contributed by atoms with Crippen LogP contribution in [0.15, 0.2) is 53.1 Å². The van der Waals surface area contributed by atoms with E-state index in [2.05, 4.69) is 15.5 Å². The molecule has 2 aromatic carbocycles. The van der Waals surface area contributed by atoms with Gasteiger partial charge < -0.3 is 9.84 Å². The Morgan fingerprint density at radius 3 is 2.59 bits per heavy atom. The van der Waals surface area contributed by atoms with Crippen LogP contribution in [0.25, 0.3) is 11.4 Å². The summed E-state index contributed by atoms with van der Waals surface area (Å²) in [5.41, 5.74) is 1.24. The van der Waals surface area contributed by atoms with Crippen LogP contribution >= 0.6 is 0 Å². The molecule has 0 bridgehead atoms. The Morgan fingerprint density at radius 1 is 1.04 bits per heavy atom. The number of halogens is 2. The van der Waals surface area contributed by atoms with Crippen molar-refractivity contribution >= 4 is 5.91 Å². The van der Waals surface area contributed by atoms with Gasteiger partial charge in [-0.1, -0.05) is 23.4 Å². The summed E-state index contributed by atoms with van der Waals surface area (Å²) < 4.78 is 31.6. The minimum absolute atomic E-state index is 0.107. The van der Waals surface area contributed by atoms with E-state index in [0.29, 0.717) is 55.1 Å². The van der Waals surface area contributed by atoms with Crippen molar-refractivity contribution in [2.24, 2.45) is 0 Å². The molecule has 0 saturated carbocycles. The van der Waals surface area contributed by atoms with Gasteiger partial charge >= 0.3 is 0 Å². The molecule has 0 spiro atoms. The quantitative estimate of drug-likeness (QED) is 0.656. The summed E-state index contributed by atoms with van der Waals surface area (Å²) in [5.74, 6) is 0.112. The maximum Gasteiger partial charge on any atom is 0.226 e. The molecule has 7 heteroatoms. The molecule has 1 amide bonds. The highest BCUT2D eigenvalue weighted by atomic mass is 19.1. The van der Waals surface area contributed by atoms with Crippen molar-refractivity contribution in [3.05, 3.63) is 71.6 Å². The van der Waals surface area contributed by atoms with Crippen LogP contribution in [0, 0.1) is 11.6 Å². The van der Waals surface area contributed by atoms with Crippen molar-refractivity contribution in [2.45, 2.75) is 25.7 Å². The number of nitrogens with one attached hydrogen (secondary N) is 1. The molecule has 1 aromatic heterocycles. The number of carbonyl (C=O) groups is 1. The molecule has 0 saturated heterocycles. The van der Waals surface area contributed by atoms with Gasteiger partial charge in [0.2, 0.25) is 17.6 Å². The molecule has 0 fully saturated rings. The minimum Gasteiger partial charge on any atom is -0.356 e. The summed E-state index contributed by atoms with van der Waals surface area (Å²) in [4.78, 5) is 16.1. The highest BCUT2D eigenvalue weighted by Gasteiger charge is 2.10. The van der Waals surface area contributed by atoms with E-state index in [1.165, 1.54) is 18.2 Å². The Hall–Kier alpha value is -3.09. The van der Waals surface area contributed by atoms with Crippen molar-refractivity contribution in [2.75, 3.05) is 6.54 Å². The van der Waals surface area contributed by atoms with Crippen LogP contribution in [0.3, 0.4) is 0 Å². The zero-order valence-corrected chi connectivity index (χ0v) is 14.6. The SMILES string of the molecule is O=C(CCCc1nc(-c2ccc(F)cc2)no1)NCCc1ccccc1F. The van der Waals surface area contributed by atoms with Crippen molar-refractivity contribution in [1.82, 2.24) is 15.5 Å². The Bertz CT molecular complexity index is 894. The monoisotopic (exact) mass is 371 g/mol. The van der Waals surface area contributed by atoms with Gasteiger partial charge in [0.25, 0.3) is 0 Å². The molecule has 0 aliphatic rings. The van der Waals surface area contributed by atoms with Crippen LogP contribution in [0.1, 0.15) is 24.3 Å². The molecule has 3 rings (SSSR count). The molecule has 27 heavy (non-hydrogen) atoms. The second-order valence-corrected chi connectivity index (χ2v) is 6.06. The molecule has 5 nitrogen and oxygen atoms in total. The lowest BCUT2D eigenvalue weighted by atomic mass is 10.1. The first-order valence-corrected chi connectivity index (χ1v) is 8.70. The molecule has 0 unspecified atom stereocenters. The van der Waals surface area contributed by atoms with E-state index < -0.39 is 0 Å². The second-order valence-electron chi connectivity index (χ2n) is 6.06.